The lowest BCUT2D eigenvalue weighted by atomic mass is 10.1. The molecule has 4 rings (SSSR count). The number of ether oxygens (including phenoxy) is 1. The van der Waals surface area contributed by atoms with Crippen LogP contribution in [-0.4, -0.2) is 43.0 Å². The van der Waals surface area contributed by atoms with Gasteiger partial charge in [-0.1, -0.05) is 6.42 Å². The highest BCUT2D eigenvalue weighted by Crippen LogP contribution is 2.32. The molecule has 2 heterocycles. The van der Waals surface area contributed by atoms with Gasteiger partial charge in [0.15, 0.2) is 0 Å². The van der Waals surface area contributed by atoms with E-state index in [1.807, 2.05) is 0 Å². The molecule has 9 heteroatoms. The van der Waals surface area contributed by atoms with Crippen molar-refractivity contribution in [2.45, 2.75) is 43.5 Å². The summed E-state index contributed by atoms with van der Waals surface area (Å²) in [6.07, 6.45) is 7.09. The molecule has 2 aromatic heterocycles. The highest BCUT2D eigenvalue weighted by atomic mass is 32.2. The molecule has 0 unspecified atom stereocenters. The number of hydrogen-bond donors (Lipinski definition) is 0. The van der Waals surface area contributed by atoms with Gasteiger partial charge in [-0.3, -0.25) is 9.36 Å². The third-order valence-corrected chi connectivity index (χ3v) is 8.42. The summed E-state index contributed by atoms with van der Waals surface area (Å²) in [6, 6.07) is 6.29. The van der Waals surface area contributed by atoms with Crippen molar-refractivity contribution >= 4 is 31.6 Å². The first-order valence-corrected chi connectivity index (χ1v) is 12.3. The number of thiophene rings is 1. The van der Waals surface area contributed by atoms with Crippen molar-refractivity contribution in [3.63, 3.8) is 0 Å². The predicted octanol–water partition coefficient (Wildman–Crippen LogP) is 3.06. The highest BCUT2D eigenvalue weighted by molar-refractivity contribution is 7.89. The maximum atomic E-state index is 13.0. The van der Waals surface area contributed by atoms with Crippen molar-refractivity contribution < 1.29 is 13.2 Å². The van der Waals surface area contributed by atoms with Gasteiger partial charge in [-0.05, 0) is 55.5 Å². The van der Waals surface area contributed by atoms with Crippen molar-refractivity contribution in [3.8, 4) is 5.75 Å². The molecule has 0 radical (unpaired) electrons. The summed E-state index contributed by atoms with van der Waals surface area (Å²) in [5.74, 6) is 0.555. The Bertz CT molecular complexity index is 1210. The van der Waals surface area contributed by atoms with E-state index in [2.05, 4.69) is 4.98 Å². The van der Waals surface area contributed by atoms with Crippen LogP contribution in [0.4, 0.5) is 0 Å². The average Bonchev–Trinajstić information content (AvgIpc) is 2.92. The third kappa shape index (κ3) is 4.01. The minimum absolute atomic E-state index is 0.00424. The molecule has 30 heavy (non-hydrogen) atoms. The number of aromatic nitrogens is 2. The second-order valence-electron chi connectivity index (χ2n) is 7.60. The molecule has 160 valence electrons. The third-order valence-electron chi connectivity index (χ3n) is 5.40. The lowest BCUT2D eigenvalue weighted by molar-refractivity contribution is 0.296. The van der Waals surface area contributed by atoms with Gasteiger partial charge in [0, 0.05) is 19.0 Å². The number of benzene rings is 1. The van der Waals surface area contributed by atoms with Crippen LogP contribution in [0, 0.1) is 0 Å². The van der Waals surface area contributed by atoms with Crippen molar-refractivity contribution in [1.82, 2.24) is 13.9 Å². The molecule has 0 N–H and O–H groups in total. The van der Waals surface area contributed by atoms with E-state index in [9.17, 15) is 13.2 Å². The standard InChI is InChI=1S/C21H25N3O4S2/c1-23(2)30(26,27)16-10-8-15(9-11-16)28-13-12-24-14-22-20-19(21(24)25)17-6-4-3-5-7-18(17)29-20/h8-11,14H,3-7,12-13H2,1-2H3. The molecule has 1 aliphatic rings. The number of nitrogens with zero attached hydrogens (tertiary/aromatic N) is 3. The molecule has 7 nitrogen and oxygen atoms in total. The van der Waals surface area contributed by atoms with Gasteiger partial charge in [-0.15, -0.1) is 11.3 Å². The zero-order chi connectivity index (χ0) is 21.3. The number of aryl methyl sites for hydroxylation is 2. The summed E-state index contributed by atoms with van der Waals surface area (Å²) in [5, 5.41) is 0.776. The average molecular weight is 448 g/mol. The van der Waals surface area contributed by atoms with Crippen LogP contribution < -0.4 is 10.3 Å². The minimum atomic E-state index is -3.46. The van der Waals surface area contributed by atoms with Gasteiger partial charge in [0.05, 0.1) is 23.2 Å². The normalized spacial score (nSPS) is 14.6. The molecule has 0 atom stereocenters. The van der Waals surface area contributed by atoms with E-state index in [4.69, 9.17) is 4.74 Å². The van der Waals surface area contributed by atoms with E-state index < -0.39 is 10.0 Å². The maximum absolute atomic E-state index is 13.0. The lowest BCUT2D eigenvalue weighted by Crippen LogP contribution is -2.24. The topological polar surface area (TPSA) is 81.5 Å². The van der Waals surface area contributed by atoms with Gasteiger partial charge < -0.3 is 4.74 Å². The molecule has 0 aliphatic heterocycles. The number of sulfonamides is 1. The quantitative estimate of drug-likeness (QED) is 0.543. The maximum Gasteiger partial charge on any atom is 0.262 e. The lowest BCUT2D eigenvalue weighted by Gasteiger charge is -2.12. The summed E-state index contributed by atoms with van der Waals surface area (Å²) in [4.78, 5) is 19.9. The SMILES string of the molecule is CN(C)S(=O)(=O)c1ccc(OCCn2cnc3sc4c(c3c2=O)CCCCC4)cc1. The Labute approximate surface area is 180 Å². The van der Waals surface area contributed by atoms with E-state index in [-0.39, 0.29) is 10.5 Å². The molecule has 0 saturated heterocycles. The Morgan fingerprint density at radius 1 is 1.13 bits per heavy atom. The molecular formula is C21H25N3O4S2. The van der Waals surface area contributed by atoms with Crippen LogP contribution >= 0.6 is 11.3 Å². The Kier molecular flexibility index (Phi) is 5.95. The monoisotopic (exact) mass is 447 g/mol. The predicted molar refractivity (Wildman–Crippen MR) is 118 cm³/mol. The van der Waals surface area contributed by atoms with Gasteiger partial charge >= 0.3 is 0 Å². The number of hydrogen-bond acceptors (Lipinski definition) is 6. The van der Waals surface area contributed by atoms with E-state index in [1.54, 1.807) is 34.4 Å². The molecule has 0 bridgehead atoms. The van der Waals surface area contributed by atoms with Crippen molar-refractivity contribution in [1.29, 1.82) is 0 Å². The van der Waals surface area contributed by atoms with Crippen LogP contribution in [0.3, 0.4) is 0 Å². The van der Waals surface area contributed by atoms with Crippen LogP contribution in [0.15, 0.2) is 40.3 Å². The Balaban J connectivity index is 1.47. The van der Waals surface area contributed by atoms with Crippen LogP contribution in [0.25, 0.3) is 10.2 Å². The second-order valence-corrected chi connectivity index (χ2v) is 10.8. The fourth-order valence-corrected chi connectivity index (χ4v) is 5.82. The van der Waals surface area contributed by atoms with E-state index in [0.29, 0.717) is 18.9 Å². The largest absolute Gasteiger partial charge is 0.492 e. The van der Waals surface area contributed by atoms with Gasteiger partial charge in [-0.2, -0.15) is 0 Å². The second kappa shape index (κ2) is 8.49. The molecule has 0 fully saturated rings. The zero-order valence-electron chi connectivity index (χ0n) is 17.1. The van der Waals surface area contributed by atoms with Crippen LogP contribution in [0.5, 0.6) is 5.75 Å². The summed E-state index contributed by atoms with van der Waals surface area (Å²) < 4.78 is 32.8. The number of rotatable bonds is 6. The first kappa shape index (κ1) is 21.0. The van der Waals surface area contributed by atoms with Crippen molar-refractivity contribution in [2.24, 2.45) is 0 Å². The summed E-state index contributed by atoms with van der Waals surface area (Å²) in [5.41, 5.74) is 1.19. The molecule has 3 aromatic rings. The van der Waals surface area contributed by atoms with Gasteiger partial charge in [0.2, 0.25) is 10.0 Å². The van der Waals surface area contributed by atoms with Crippen LogP contribution in [-0.2, 0) is 29.4 Å². The minimum Gasteiger partial charge on any atom is -0.492 e. The fourth-order valence-electron chi connectivity index (χ4n) is 3.70. The summed E-state index contributed by atoms with van der Waals surface area (Å²) >= 11 is 1.65. The van der Waals surface area contributed by atoms with Gasteiger partial charge in [0.1, 0.15) is 17.2 Å². The van der Waals surface area contributed by atoms with E-state index in [0.717, 1.165) is 29.5 Å². The van der Waals surface area contributed by atoms with Crippen LogP contribution in [0.1, 0.15) is 29.7 Å². The number of fused-ring (bicyclic) bond motifs is 3. The van der Waals surface area contributed by atoms with Crippen molar-refractivity contribution in [2.75, 3.05) is 20.7 Å². The molecule has 0 amide bonds. The summed E-state index contributed by atoms with van der Waals surface area (Å²) in [6.45, 7) is 0.670. The molecule has 1 aliphatic carbocycles. The Morgan fingerprint density at radius 2 is 1.87 bits per heavy atom. The smallest absolute Gasteiger partial charge is 0.262 e. The van der Waals surface area contributed by atoms with Crippen LogP contribution in [0.2, 0.25) is 0 Å². The fraction of sp³-hybridized carbons (Fsp3) is 0.429. The van der Waals surface area contributed by atoms with Gasteiger partial charge in [0.25, 0.3) is 5.56 Å². The molecule has 1 aromatic carbocycles. The van der Waals surface area contributed by atoms with Gasteiger partial charge in [-0.25, -0.2) is 17.7 Å². The molecular weight excluding hydrogens is 422 g/mol. The highest BCUT2D eigenvalue weighted by Gasteiger charge is 2.19. The Morgan fingerprint density at radius 3 is 2.60 bits per heavy atom. The summed E-state index contributed by atoms with van der Waals surface area (Å²) in [7, 11) is -0.474. The van der Waals surface area contributed by atoms with Crippen molar-refractivity contribution in [3.05, 3.63) is 51.4 Å². The first-order chi connectivity index (χ1) is 14.4. The molecule has 0 spiro atoms. The van der Waals surface area contributed by atoms with E-state index in [1.165, 1.54) is 53.8 Å². The Hall–Kier alpha value is -2.23. The zero-order valence-corrected chi connectivity index (χ0v) is 18.8. The van der Waals surface area contributed by atoms with E-state index >= 15 is 0 Å². The first-order valence-electron chi connectivity index (χ1n) is 10.0. The molecule has 0 saturated carbocycles.